The molecule has 0 unspecified atom stereocenters. The third-order valence-corrected chi connectivity index (χ3v) is 4.40. The number of hydrogen-bond acceptors (Lipinski definition) is 2. The van der Waals surface area contributed by atoms with Crippen molar-refractivity contribution in [3.63, 3.8) is 0 Å². The SMILES string of the molecule is CC(CN(C)C)=C(c1ccc(-c2ccccc2)cc1)c1cccc(O)c1. The van der Waals surface area contributed by atoms with Gasteiger partial charge in [-0.1, -0.05) is 72.3 Å². The van der Waals surface area contributed by atoms with Crippen molar-refractivity contribution in [3.8, 4) is 16.9 Å². The minimum Gasteiger partial charge on any atom is -0.508 e. The Bertz CT molecular complexity index is 893. The topological polar surface area (TPSA) is 23.5 Å². The fourth-order valence-electron chi connectivity index (χ4n) is 3.33. The molecule has 0 aromatic heterocycles. The van der Waals surface area contributed by atoms with Gasteiger partial charge in [0.15, 0.2) is 0 Å². The molecule has 0 aliphatic heterocycles. The summed E-state index contributed by atoms with van der Waals surface area (Å²) in [7, 11) is 4.14. The van der Waals surface area contributed by atoms with Crippen molar-refractivity contribution in [2.45, 2.75) is 6.92 Å². The molecular formula is C24H25NO. The maximum absolute atomic E-state index is 9.93. The summed E-state index contributed by atoms with van der Waals surface area (Å²) >= 11 is 0. The fourth-order valence-corrected chi connectivity index (χ4v) is 3.33. The minimum absolute atomic E-state index is 0.290. The molecule has 3 aromatic rings. The van der Waals surface area contributed by atoms with Crippen LogP contribution in [0.3, 0.4) is 0 Å². The van der Waals surface area contributed by atoms with E-state index >= 15 is 0 Å². The second kappa shape index (κ2) is 8.03. The molecule has 0 amide bonds. The molecule has 26 heavy (non-hydrogen) atoms. The fraction of sp³-hybridized carbons (Fsp3) is 0.167. The van der Waals surface area contributed by atoms with Crippen molar-refractivity contribution in [3.05, 3.63) is 95.6 Å². The van der Waals surface area contributed by atoms with Gasteiger partial charge in [0.05, 0.1) is 0 Å². The van der Waals surface area contributed by atoms with Crippen molar-refractivity contribution in [2.24, 2.45) is 0 Å². The Balaban J connectivity index is 2.05. The Morgan fingerprint density at radius 3 is 2.04 bits per heavy atom. The van der Waals surface area contributed by atoms with Gasteiger partial charge in [0.2, 0.25) is 0 Å². The number of hydrogen-bond donors (Lipinski definition) is 1. The van der Waals surface area contributed by atoms with E-state index in [-0.39, 0.29) is 0 Å². The molecular weight excluding hydrogens is 318 g/mol. The van der Waals surface area contributed by atoms with Crippen LogP contribution in [0, 0.1) is 0 Å². The Hall–Kier alpha value is -2.84. The van der Waals surface area contributed by atoms with Crippen LogP contribution in [0.15, 0.2) is 84.4 Å². The van der Waals surface area contributed by atoms with Crippen LogP contribution in [-0.2, 0) is 0 Å². The smallest absolute Gasteiger partial charge is 0.116 e. The molecule has 0 atom stereocenters. The van der Waals surface area contributed by atoms with Crippen LogP contribution >= 0.6 is 0 Å². The average molecular weight is 343 g/mol. The lowest BCUT2D eigenvalue weighted by molar-refractivity contribution is 0.446. The average Bonchev–Trinajstić information content (AvgIpc) is 2.63. The van der Waals surface area contributed by atoms with Gasteiger partial charge in [0.1, 0.15) is 5.75 Å². The number of aromatic hydroxyl groups is 1. The number of phenolic OH excluding ortho intramolecular Hbond substituents is 1. The van der Waals surface area contributed by atoms with Gasteiger partial charge < -0.3 is 10.0 Å². The second-order valence-electron chi connectivity index (χ2n) is 6.89. The molecule has 2 nitrogen and oxygen atoms in total. The van der Waals surface area contributed by atoms with E-state index < -0.39 is 0 Å². The molecule has 0 radical (unpaired) electrons. The molecule has 132 valence electrons. The van der Waals surface area contributed by atoms with Crippen molar-refractivity contribution in [1.29, 1.82) is 0 Å². The monoisotopic (exact) mass is 343 g/mol. The zero-order valence-corrected chi connectivity index (χ0v) is 15.6. The normalized spacial score (nSPS) is 12.2. The van der Waals surface area contributed by atoms with Crippen molar-refractivity contribution < 1.29 is 5.11 Å². The highest BCUT2D eigenvalue weighted by Crippen LogP contribution is 2.31. The van der Waals surface area contributed by atoms with Gasteiger partial charge >= 0.3 is 0 Å². The summed E-state index contributed by atoms with van der Waals surface area (Å²) in [4.78, 5) is 2.16. The number of likely N-dealkylation sites (N-methyl/N-ethyl adjacent to an activating group) is 1. The summed E-state index contributed by atoms with van der Waals surface area (Å²) in [6, 6.07) is 26.5. The Labute approximate surface area is 156 Å². The van der Waals surface area contributed by atoms with Crippen LogP contribution in [0.25, 0.3) is 16.7 Å². The summed E-state index contributed by atoms with van der Waals surface area (Å²) < 4.78 is 0. The maximum Gasteiger partial charge on any atom is 0.116 e. The highest BCUT2D eigenvalue weighted by Gasteiger charge is 2.11. The predicted octanol–water partition coefficient (Wildman–Crippen LogP) is 5.44. The number of nitrogens with zero attached hydrogens (tertiary/aromatic N) is 1. The summed E-state index contributed by atoms with van der Waals surface area (Å²) in [6.45, 7) is 3.02. The van der Waals surface area contributed by atoms with Crippen LogP contribution < -0.4 is 0 Å². The maximum atomic E-state index is 9.93. The molecule has 3 rings (SSSR count). The Morgan fingerprint density at radius 2 is 1.42 bits per heavy atom. The summed E-state index contributed by atoms with van der Waals surface area (Å²) in [5.41, 5.74) is 7.07. The molecule has 0 bridgehead atoms. The second-order valence-corrected chi connectivity index (χ2v) is 6.89. The van der Waals surface area contributed by atoms with Crippen molar-refractivity contribution in [2.75, 3.05) is 20.6 Å². The summed E-state index contributed by atoms with van der Waals surface area (Å²) in [5, 5.41) is 9.93. The van der Waals surface area contributed by atoms with Crippen LogP contribution in [0.2, 0.25) is 0 Å². The molecule has 0 aliphatic rings. The van der Waals surface area contributed by atoms with Gasteiger partial charge in [-0.3, -0.25) is 0 Å². The lowest BCUT2D eigenvalue weighted by Crippen LogP contribution is -2.15. The Kier molecular flexibility index (Phi) is 5.55. The van der Waals surface area contributed by atoms with Gasteiger partial charge in [-0.25, -0.2) is 0 Å². The largest absolute Gasteiger partial charge is 0.508 e. The van der Waals surface area contributed by atoms with E-state index in [9.17, 15) is 5.11 Å². The minimum atomic E-state index is 0.290. The molecule has 3 aromatic carbocycles. The first-order valence-electron chi connectivity index (χ1n) is 8.84. The van der Waals surface area contributed by atoms with Gasteiger partial charge in [-0.2, -0.15) is 0 Å². The molecule has 0 spiro atoms. The quantitative estimate of drug-likeness (QED) is 0.666. The number of benzene rings is 3. The number of phenols is 1. The van der Waals surface area contributed by atoms with E-state index in [0.29, 0.717) is 5.75 Å². The lowest BCUT2D eigenvalue weighted by atomic mass is 9.92. The molecule has 0 heterocycles. The molecule has 0 aliphatic carbocycles. The highest BCUT2D eigenvalue weighted by atomic mass is 16.3. The first kappa shape index (κ1) is 18.0. The summed E-state index contributed by atoms with van der Waals surface area (Å²) in [6.07, 6.45) is 0. The zero-order valence-electron chi connectivity index (χ0n) is 15.6. The van der Waals surface area contributed by atoms with Gasteiger partial charge in [-0.15, -0.1) is 0 Å². The first-order chi connectivity index (χ1) is 12.5. The van der Waals surface area contributed by atoms with Crippen molar-refractivity contribution >= 4 is 5.57 Å². The lowest BCUT2D eigenvalue weighted by Gasteiger charge is -2.17. The molecule has 1 N–H and O–H groups in total. The predicted molar refractivity (Wildman–Crippen MR) is 110 cm³/mol. The van der Waals surface area contributed by atoms with Crippen molar-refractivity contribution in [1.82, 2.24) is 4.90 Å². The van der Waals surface area contributed by atoms with E-state index in [1.54, 1.807) is 6.07 Å². The van der Waals surface area contributed by atoms with E-state index in [4.69, 9.17) is 0 Å². The molecule has 0 fully saturated rings. The highest BCUT2D eigenvalue weighted by molar-refractivity contribution is 5.83. The molecule has 2 heteroatoms. The van der Waals surface area contributed by atoms with Crippen LogP contribution in [0.1, 0.15) is 18.1 Å². The van der Waals surface area contributed by atoms with E-state index in [1.165, 1.54) is 22.3 Å². The van der Waals surface area contributed by atoms with Crippen LogP contribution in [0.4, 0.5) is 0 Å². The number of rotatable bonds is 5. The summed E-state index contributed by atoms with van der Waals surface area (Å²) in [5.74, 6) is 0.290. The van der Waals surface area contributed by atoms with E-state index in [0.717, 1.165) is 17.7 Å². The van der Waals surface area contributed by atoms with Gasteiger partial charge in [0, 0.05) is 6.54 Å². The standard InChI is InChI=1S/C24H25NO/c1-18(17-25(2)3)24(22-10-7-11-23(26)16-22)21-14-12-20(13-15-21)19-8-5-4-6-9-19/h4-16,26H,17H2,1-3H3. The van der Waals surface area contributed by atoms with Crippen LogP contribution in [0.5, 0.6) is 5.75 Å². The third-order valence-electron chi connectivity index (χ3n) is 4.40. The Morgan fingerprint density at radius 1 is 0.769 bits per heavy atom. The van der Waals surface area contributed by atoms with Crippen LogP contribution in [-0.4, -0.2) is 30.6 Å². The zero-order chi connectivity index (χ0) is 18.5. The molecule has 0 saturated heterocycles. The van der Waals surface area contributed by atoms with Gasteiger partial charge in [0.25, 0.3) is 0 Å². The van der Waals surface area contributed by atoms with Gasteiger partial charge in [-0.05, 0) is 61.0 Å². The van der Waals surface area contributed by atoms with E-state index in [2.05, 4.69) is 80.5 Å². The third kappa shape index (κ3) is 4.22. The first-order valence-corrected chi connectivity index (χ1v) is 8.84. The van der Waals surface area contributed by atoms with E-state index in [1.807, 2.05) is 18.2 Å². The molecule has 0 saturated carbocycles.